The molecule has 0 bridgehead atoms. The molecule has 0 spiro atoms. The molecular formula is C12H16N4O. The topological polar surface area (TPSA) is 84.0 Å². The van der Waals surface area contributed by atoms with Crippen molar-refractivity contribution < 1.29 is 4.74 Å². The number of aromatic nitrogens is 1. The molecule has 1 aliphatic heterocycles. The molecule has 1 aromatic heterocycles. The zero-order valence-corrected chi connectivity index (χ0v) is 9.86. The van der Waals surface area contributed by atoms with Crippen LogP contribution in [0, 0.1) is 11.3 Å². The minimum Gasteiger partial charge on any atom is -0.397 e. The molecule has 5 heteroatoms. The fraction of sp³-hybridized carbons (Fsp3) is 0.500. The lowest BCUT2D eigenvalue weighted by atomic mass is 9.94. The molecule has 1 unspecified atom stereocenters. The van der Waals surface area contributed by atoms with Gasteiger partial charge >= 0.3 is 0 Å². The number of hydrogen-bond acceptors (Lipinski definition) is 5. The van der Waals surface area contributed by atoms with E-state index in [0.29, 0.717) is 23.7 Å². The molecule has 1 fully saturated rings. The standard InChI is InChI=1S/C12H16N4O/c1-12(3-2-4-17-8-12)16-11-9(6-13)5-10(14)7-15-11/h5,7H,2-4,8,14H2,1H3,(H,15,16). The summed E-state index contributed by atoms with van der Waals surface area (Å²) in [6, 6.07) is 3.72. The van der Waals surface area contributed by atoms with Crippen LogP contribution in [0.1, 0.15) is 25.3 Å². The average molecular weight is 232 g/mol. The van der Waals surface area contributed by atoms with Gasteiger partial charge in [-0.3, -0.25) is 0 Å². The van der Waals surface area contributed by atoms with Crippen molar-refractivity contribution in [3.63, 3.8) is 0 Å². The molecule has 0 aliphatic carbocycles. The van der Waals surface area contributed by atoms with Gasteiger partial charge in [-0.05, 0) is 25.8 Å². The molecule has 0 aromatic carbocycles. The molecule has 5 nitrogen and oxygen atoms in total. The van der Waals surface area contributed by atoms with E-state index >= 15 is 0 Å². The van der Waals surface area contributed by atoms with Crippen molar-refractivity contribution in [3.8, 4) is 6.07 Å². The number of nitrogen functional groups attached to an aromatic ring is 1. The van der Waals surface area contributed by atoms with Gasteiger partial charge in [0.25, 0.3) is 0 Å². The Morgan fingerprint density at radius 3 is 3.12 bits per heavy atom. The Balaban J connectivity index is 2.20. The molecule has 1 aromatic rings. The highest BCUT2D eigenvalue weighted by molar-refractivity contribution is 5.58. The zero-order chi connectivity index (χ0) is 12.3. The summed E-state index contributed by atoms with van der Waals surface area (Å²) >= 11 is 0. The van der Waals surface area contributed by atoms with Crippen LogP contribution in [-0.2, 0) is 4.74 Å². The van der Waals surface area contributed by atoms with Crippen LogP contribution in [0.25, 0.3) is 0 Å². The van der Waals surface area contributed by atoms with E-state index in [1.807, 2.05) is 0 Å². The third-order valence-corrected chi connectivity index (χ3v) is 2.89. The third-order valence-electron chi connectivity index (χ3n) is 2.89. The summed E-state index contributed by atoms with van der Waals surface area (Å²) < 4.78 is 5.46. The molecule has 1 saturated heterocycles. The lowest BCUT2D eigenvalue weighted by Crippen LogP contribution is -2.43. The van der Waals surface area contributed by atoms with Crippen LogP contribution in [0.15, 0.2) is 12.3 Å². The minimum atomic E-state index is -0.160. The number of nitrogens with two attached hydrogens (primary N) is 1. The van der Waals surface area contributed by atoms with Crippen LogP contribution in [0.5, 0.6) is 0 Å². The summed E-state index contributed by atoms with van der Waals surface area (Å²) in [5.74, 6) is 0.578. The molecule has 2 heterocycles. The fourth-order valence-corrected chi connectivity index (χ4v) is 1.98. The van der Waals surface area contributed by atoms with Gasteiger partial charge in [-0.1, -0.05) is 0 Å². The number of ether oxygens (including phenoxy) is 1. The van der Waals surface area contributed by atoms with Crippen LogP contribution in [-0.4, -0.2) is 23.7 Å². The van der Waals surface area contributed by atoms with Gasteiger partial charge in [0, 0.05) is 6.61 Å². The van der Waals surface area contributed by atoms with Crippen molar-refractivity contribution in [2.75, 3.05) is 24.3 Å². The third kappa shape index (κ3) is 2.66. The Hall–Kier alpha value is -1.80. The largest absolute Gasteiger partial charge is 0.397 e. The van der Waals surface area contributed by atoms with Crippen molar-refractivity contribution in [1.29, 1.82) is 5.26 Å². The Morgan fingerprint density at radius 1 is 1.65 bits per heavy atom. The second-order valence-electron chi connectivity index (χ2n) is 4.62. The van der Waals surface area contributed by atoms with Gasteiger partial charge in [0.1, 0.15) is 11.9 Å². The van der Waals surface area contributed by atoms with E-state index < -0.39 is 0 Å². The Morgan fingerprint density at radius 2 is 2.47 bits per heavy atom. The molecule has 1 aliphatic rings. The summed E-state index contributed by atoms with van der Waals surface area (Å²) in [5, 5.41) is 12.3. The van der Waals surface area contributed by atoms with E-state index in [9.17, 15) is 0 Å². The number of nitrogens with one attached hydrogen (secondary N) is 1. The molecule has 0 amide bonds. The van der Waals surface area contributed by atoms with Crippen molar-refractivity contribution in [1.82, 2.24) is 4.98 Å². The number of anilines is 2. The highest BCUT2D eigenvalue weighted by Crippen LogP contribution is 2.25. The summed E-state index contributed by atoms with van der Waals surface area (Å²) in [5.41, 5.74) is 6.41. The van der Waals surface area contributed by atoms with Crippen LogP contribution >= 0.6 is 0 Å². The number of pyridine rings is 1. The molecule has 17 heavy (non-hydrogen) atoms. The first-order valence-corrected chi connectivity index (χ1v) is 5.64. The van der Waals surface area contributed by atoms with Crippen LogP contribution < -0.4 is 11.1 Å². The first-order valence-electron chi connectivity index (χ1n) is 5.64. The monoisotopic (exact) mass is 232 g/mol. The normalized spacial score (nSPS) is 24.0. The van der Waals surface area contributed by atoms with Gasteiger partial charge in [-0.25, -0.2) is 4.98 Å². The van der Waals surface area contributed by atoms with Gasteiger partial charge < -0.3 is 15.8 Å². The molecule has 3 N–H and O–H groups in total. The van der Waals surface area contributed by atoms with Crippen LogP contribution in [0.3, 0.4) is 0 Å². The quantitative estimate of drug-likeness (QED) is 0.807. The van der Waals surface area contributed by atoms with Crippen molar-refractivity contribution in [2.45, 2.75) is 25.3 Å². The summed E-state index contributed by atoms with van der Waals surface area (Å²) in [6.45, 7) is 3.51. The smallest absolute Gasteiger partial charge is 0.144 e. The van der Waals surface area contributed by atoms with Crippen molar-refractivity contribution in [2.24, 2.45) is 0 Å². The summed E-state index contributed by atoms with van der Waals surface area (Å²) in [4.78, 5) is 4.17. The zero-order valence-electron chi connectivity index (χ0n) is 9.86. The Bertz CT molecular complexity index is 446. The number of nitriles is 1. The maximum atomic E-state index is 9.04. The van der Waals surface area contributed by atoms with Crippen LogP contribution in [0.4, 0.5) is 11.5 Å². The van der Waals surface area contributed by atoms with Gasteiger partial charge in [0.2, 0.25) is 0 Å². The molecule has 2 rings (SSSR count). The Kier molecular flexibility index (Phi) is 3.16. The lowest BCUT2D eigenvalue weighted by Gasteiger charge is -2.35. The van der Waals surface area contributed by atoms with Crippen molar-refractivity contribution >= 4 is 11.5 Å². The van der Waals surface area contributed by atoms with Crippen LogP contribution in [0.2, 0.25) is 0 Å². The van der Waals surface area contributed by atoms with Gasteiger partial charge in [-0.2, -0.15) is 5.26 Å². The summed E-state index contributed by atoms with van der Waals surface area (Å²) in [7, 11) is 0. The van der Waals surface area contributed by atoms with Gasteiger partial charge in [0.05, 0.1) is 29.6 Å². The number of rotatable bonds is 2. The van der Waals surface area contributed by atoms with E-state index in [4.69, 9.17) is 15.7 Å². The summed E-state index contributed by atoms with van der Waals surface area (Å²) in [6.07, 6.45) is 3.57. The second-order valence-corrected chi connectivity index (χ2v) is 4.62. The molecular weight excluding hydrogens is 216 g/mol. The van der Waals surface area contributed by atoms with Crippen molar-refractivity contribution in [3.05, 3.63) is 17.8 Å². The average Bonchev–Trinajstić information content (AvgIpc) is 2.32. The van der Waals surface area contributed by atoms with E-state index in [0.717, 1.165) is 19.4 Å². The SMILES string of the molecule is CC1(Nc2ncc(N)cc2C#N)CCCOC1. The fourth-order valence-electron chi connectivity index (χ4n) is 1.98. The minimum absolute atomic E-state index is 0.160. The van der Waals surface area contributed by atoms with E-state index in [-0.39, 0.29) is 5.54 Å². The van der Waals surface area contributed by atoms with E-state index in [1.165, 1.54) is 0 Å². The maximum Gasteiger partial charge on any atom is 0.144 e. The number of hydrogen-bond donors (Lipinski definition) is 2. The number of nitrogens with zero attached hydrogens (tertiary/aromatic N) is 2. The molecule has 0 radical (unpaired) electrons. The van der Waals surface area contributed by atoms with E-state index in [1.54, 1.807) is 12.3 Å². The first kappa shape index (κ1) is 11.7. The highest BCUT2D eigenvalue weighted by atomic mass is 16.5. The first-order chi connectivity index (χ1) is 8.13. The molecule has 90 valence electrons. The predicted octanol–water partition coefficient (Wildman–Crippen LogP) is 1.52. The second kappa shape index (κ2) is 4.60. The lowest BCUT2D eigenvalue weighted by molar-refractivity contribution is 0.0539. The Labute approximate surface area is 101 Å². The highest BCUT2D eigenvalue weighted by Gasteiger charge is 2.28. The van der Waals surface area contributed by atoms with E-state index in [2.05, 4.69) is 23.3 Å². The van der Waals surface area contributed by atoms with Gasteiger partial charge in [0.15, 0.2) is 0 Å². The maximum absolute atomic E-state index is 9.04. The molecule has 0 saturated carbocycles. The predicted molar refractivity (Wildman–Crippen MR) is 65.4 cm³/mol. The molecule has 1 atom stereocenters. The van der Waals surface area contributed by atoms with Gasteiger partial charge in [-0.15, -0.1) is 0 Å².